The summed E-state index contributed by atoms with van der Waals surface area (Å²) in [5, 5.41) is 14.3. The van der Waals surface area contributed by atoms with E-state index in [4.69, 9.17) is 9.84 Å². The standard InChI is InChI=1S/C25H30N2O5/c1-2-17(14-24(29)30)15-27-23(28)12-7-13-26-25(31)32-16-22-20-10-5-3-8-18(20)19-9-4-6-11-21(19)22/h3-6,8-11,17,22H,2,7,12-16H2,1H3,(H,26,31)(H,27,28)(H,29,30). The molecule has 2 aromatic rings. The van der Waals surface area contributed by atoms with E-state index in [9.17, 15) is 14.4 Å². The van der Waals surface area contributed by atoms with Gasteiger partial charge in [-0.1, -0.05) is 61.9 Å². The van der Waals surface area contributed by atoms with Crippen LogP contribution in [0.4, 0.5) is 4.79 Å². The molecule has 3 N–H and O–H groups in total. The lowest BCUT2D eigenvalue weighted by molar-refractivity contribution is -0.138. The molecule has 0 radical (unpaired) electrons. The highest BCUT2D eigenvalue weighted by molar-refractivity contribution is 5.79. The number of carboxylic acids is 1. The summed E-state index contributed by atoms with van der Waals surface area (Å²) in [4.78, 5) is 34.8. The normalized spacial score (nSPS) is 13.0. The van der Waals surface area contributed by atoms with Crippen LogP contribution in [0.5, 0.6) is 0 Å². The quantitative estimate of drug-likeness (QED) is 0.461. The fraction of sp³-hybridized carbons (Fsp3) is 0.400. The SMILES string of the molecule is CCC(CNC(=O)CCCNC(=O)OCC1c2ccccc2-c2ccccc21)CC(=O)O. The fourth-order valence-corrected chi connectivity index (χ4v) is 4.04. The Bertz CT molecular complexity index is 913. The molecule has 32 heavy (non-hydrogen) atoms. The maximum absolute atomic E-state index is 12.1. The minimum absolute atomic E-state index is 0.0104. The number of amides is 2. The number of carbonyl (C=O) groups excluding carboxylic acids is 2. The number of hydrogen-bond donors (Lipinski definition) is 3. The molecule has 3 rings (SSSR count). The van der Waals surface area contributed by atoms with E-state index in [1.807, 2.05) is 31.2 Å². The van der Waals surface area contributed by atoms with Crippen LogP contribution in [0.2, 0.25) is 0 Å². The third-order valence-corrected chi connectivity index (χ3v) is 5.82. The predicted molar refractivity (Wildman–Crippen MR) is 121 cm³/mol. The zero-order valence-corrected chi connectivity index (χ0v) is 18.3. The lowest BCUT2D eigenvalue weighted by atomic mass is 9.98. The molecular weight excluding hydrogens is 408 g/mol. The van der Waals surface area contributed by atoms with Gasteiger partial charge in [-0.25, -0.2) is 4.79 Å². The Labute approximate surface area is 188 Å². The van der Waals surface area contributed by atoms with Crippen molar-refractivity contribution in [2.24, 2.45) is 5.92 Å². The molecule has 2 aromatic carbocycles. The number of hydrogen-bond acceptors (Lipinski definition) is 4. The molecule has 0 saturated carbocycles. The van der Waals surface area contributed by atoms with Crippen molar-refractivity contribution in [2.75, 3.05) is 19.7 Å². The second-order valence-electron chi connectivity index (χ2n) is 8.03. The van der Waals surface area contributed by atoms with Gasteiger partial charge in [0, 0.05) is 31.8 Å². The van der Waals surface area contributed by atoms with Crippen molar-refractivity contribution >= 4 is 18.0 Å². The first-order valence-corrected chi connectivity index (χ1v) is 11.1. The molecule has 1 atom stereocenters. The van der Waals surface area contributed by atoms with Crippen molar-refractivity contribution in [3.05, 3.63) is 59.7 Å². The van der Waals surface area contributed by atoms with Gasteiger partial charge in [0.25, 0.3) is 0 Å². The zero-order chi connectivity index (χ0) is 22.9. The number of alkyl carbamates (subject to hydrolysis) is 1. The summed E-state index contributed by atoms with van der Waals surface area (Å²) in [5.74, 6) is -1.08. The smallest absolute Gasteiger partial charge is 0.407 e. The molecule has 0 bridgehead atoms. The first-order valence-electron chi connectivity index (χ1n) is 11.1. The maximum atomic E-state index is 12.1. The first kappa shape index (κ1) is 23.3. The van der Waals surface area contributed by atoms with Gasteiger partial charge in [0.05, 0.1) is 0 Å². The maximum Gasteiger partial charge on any atom is 0.407 e. The lowest BCUT2D eigenvalue weighted by Gasteiger charge is -2.15. The van der Waals surface area contributed by atoms with E-state index in [1.54, 1.807) is 0 Å². The number of ether oxygens (including phenoxy) is 1. The topological polar surface area (TPSA) is 105 Å². The van der Waals surface area contributed by atoms with Gasteiger partial charge in [0.1, 0.15) is 6.61 Å². The van der Waals surface area contributed by atoms with Crippen LogP contribution in [0, 0.1) is 5.92 Å². The zero-order valence-electron chi connectivity index (χ0n) is 18.3. The predicted octanol–water partition coefficient (Wildman–Crippen LogP) is 3.92. The van der Waals surface area contributed by atoms with Crippen molar-refractivity contribution in [2.45, 2.75) is 38.5 Å². The van der Waals surface area contributed by atoms with Crippen LogP contribution in [-0.2, 0) is 14.3 Å². The van der Waals surface area contributed by atoms with Crippen LogP contribution in [0.1, 0.15) is 49.7 Å². The van der Waals surface area contributed by atoms with Gasteiger partial charge in [0.15, 0.2) is 0 Å². The molecule has 170 valence electrons. The van der Waals surface area contributed by atoms with Gasteiger partial charge in [-0.05, 0) is 34.6 Å². The molecule has 0 aromatic heterocycles. The molecule has 0 spiro atoms. The van der Waals surface area contributed by atoms with Gasteiger partial charge in [-0.2, -0.15) is 0 Å². The van der Waals surface area contributed by atoms with Crippen molar-refractivity contribution in [1.82, 2.24) is 10.6 Å². The van der Waals surface area contributed by atoms with Crippen molar-refractivity contribution in [3.63, 3.8) is 0 Å². The number of rotatable bonds is 11. The number of benzene rings is 2. The largest absolute Gasteiger partial charge is 0.481 e. The van der Waals surface area contributed by atoms with Crippen LogP contribution in [0.25, 0.3) is 11.1 Å². The number of nitrogens with one attached hydrogen (secondary N) is 2. The summed E-state index contributed by atoms with van der Waals surface area (Å²) in [5.41, 5.74) is 4.67. The van der Waals surface area contributed by atoms with Crippen LogP contribution < -0.4 is 10.6 Å². The molecule has 1 aliphatic carbocycles. The Balaban J connectivity index is 1.37. The molecule has 7 heteroatoms. The third-order valence-electron chi connectivity index (χ3n) is 5.82. The summed E-state index contributed by atoms with van der Waals surface area (Å²) in [6.45, 7) is 2.83. The van der Waals surface area contributed by atoms with Crippen molar-refractivity contribution < 1.29 is 24.2 Å². The van der Waals surface area contributed by atoms with Gasteiger partial charge in [0.2, 0.25) is 5.91 Å². The summed E-state index contributed by atoms with van der Waals surface area (Å²) in [7, 11) is 0. The van der Waals surface area contributed by atoms with E-state index in [2.05, 4.69) is 34.9 Å². The average molecular weight is 439 g/mol. The first-order chi connectivity index (χ1) is 15.5. The molecule has 1 aliphatic rings. The van der Waals surface area contributed by atoms with Gasteiger partial charge < -0.3 is 20.5 Å². The van der Waals surface area contributed by atoms with E-state index >= 15 is 0 Å². The summed E-state index contributed by atoms with van der Waals surface area (Å²) in [6, 6.07) is 16.3. The Morgan fingerprint density at radius 2 is 1.62 bits per heavy atom. The minimum atomic E-state index is -0.863. The average Bonchev–Trinajstić information content (AvgIpc) is 3.11. The van der Waals surface area contributed by atoms with E-state index < -0.39 is 12.1 Å². The molecule has 0 saturated heterocycles. The Hall–Kier alpha value is -3.35. The highest BCUT2D eigenvalue weighted by atomic mass is 16.5. The van der Waals surface area contributed by atoms with E-state index in [-0.39, 0.29) is 37.2 Å². The molecule has 0 heterocycles. The van der Waals surface area contributed by atoms with Crippen molar-refractivity contribution in [1.29, 1.82) is 0 Å². The lowest BCUT2D eigenvalue weighted by Crippen LogP contribution is -2.31. The number of carbonyl (C=O) groups is 3. The van der Waals surface area contributed by atoms with Gasteiger partial charge in [-0.15, -0.1) is 0 Å². The van der Waals surface area contributed by atoms with Crippen LogP contribution in [0.15, 0.2) is 48.5 Å². The molecule has 2 amide bonds. The third kappa shape index (κ3) is 6.09. The minimum Gasteiger partial charge on any atom is -0.481 e. The Morgan fingerprint density at radius 3 is 2.22 bits per heavy atom. The fourth-order valence-electron chi connectivity index (χ4n) is 4.04. The summed E-state index contributed by atoms with van der Waals surface area (Å²) in [6.07, 6.45) is 0.967. The second-order valence-corrected chi connectivity index (χ2v) is 8.03. The number of carboxylic acid groups (broad SMARTS) is 1. The van der Waals surface area contributed by atoms with Crippen LogP contribution >= 0.6 is 0 Å². The summed E-state index contributed by atoms with van der Waals surface area (Å²) < 4.78 is 5.47. The van der Waals surface area contributed by atoms with Gasteiger partial charge >= 0.3 is 12.1 Å². The van der Waals surface area contributed by atoms with E-state index in [0.717, 1.165) is 11.1 Å². The molecule has 0 aliphatic heterocycles. The Morgan fingerprint density at radius 1 is 1.00 bits per heavy atom. The van der Waals surface area contributed by atoms with Crippen LogP contribution in [-0.4, -0.2) is 42.8 Å². The molecule has 7 nitrogen and oxygen atoms in total. The highest BCUT2D eigenvalue weighted by Gasteiger charge is 2.28. The summed E-state index contributed by atoms with van der Waals surface area (Å²) >= 11 is 0. The number of aliphatic carboxylic acids is 1. The monoisotopic (exact) mass is 438 g/mol. The molecule has 1 unspecified atom stereocenters. The van der Waals surface area contributed by atoms with E-state index in [1.165, 1.54) is 11.1 Å². The van der Waals surface area contributed by atoms with Gasteiger partial charge in [-0.3, -0.25) is 9.59 Å². The van der Waals surface area contributed by atoms with Crippen molar-refractivity contribution in [3.8, 4) is 11.1 Å². The van der Waals surface area contributed by atoms with Crippen LogP contribution in [0.3, 0.4) is 0 Å². The molecular formula is C25H30N2O5. The van der Waals surface area contributed by atoms with E-state index in [0.29, 0.717) is 25.9 Å². The molecule has 0 fully saturated rings. The number of fused-ring (bicyclic) bond motifs is 3. The highest BCUT2D eigenvalue weighted by Crippen LogP contribution is 2.44. The second kappa shape index (κ2) is 11.3. The Kier molecular flexibility index (Phi) is 8.25.